The first kappa shape index (κ1) is 18.4. The van der Waals surface area contributed by atoms with Crippen LogP contribution in [0.25, 0.3) is 11.3 Å². The molecule has 3 aromatic rings. The maximum absolute atomic E-state index is 12.6. The van der Waals surface area contributed by atoms with Gasteiger partial charge in [0.05, 0.1) is 5.75 Å². The smallest absolute Gasteiger partial charge is 0.256 e. The van der Waals surface area contributed by atoms with Crippen LogP contribution in [0.4, 0.5) is 5.00 Å². The molecule has 132 valence electrons. The Hall–Kier alpha value is -2.44. The summed E-state index contributed by atoms with van der Waals surface area (Å²) in [5.74, 6) is 0.290. The van der Waals surface area contributed by atoms with Gasteiger partial charge < -0.3 is 5.32 Å². The van der Waals surface area contributed by atoms with E-state index in [9.17, 15) is 9.59 Å². The normalized spacial score (nSPS) is 10.5. The molecule has 1 N–H and O–H groups in total. The Morgan fingerprint density at radius 3 is 2.42 bits per heavy atom. The Morgan fingerprint density at radius 2 is 1.77 bits per heavy atom. The molecule has 0 aliphatic heterocycles. The summed E-state index contributed by atoms with van der Waals surface area (Å²) in [6, 6.07) is 17.1. The largest absolute Gasteiger partial charge is 0.312 e. The lowest BCUT2D eigenvalue weighted by Crippen LogP contribution is -2.11. The molecule has 1 aromatic heterocycles. The summed E-state index contributed by atoms with van der Waals surface area (Å²) in [5.41, 5.74) is 3.35. The number of thioether (sulfide) groups is 1. The molecule has 1 heterocycles. The number of nitrogens with one attached hydrogen (secondary N) is 1. The number of nitrogens with zero attached hydrogens (tertiary/aromatic N) is 1. The number of hydrogen-bond donors (Lipinski definition) is 1. The number of rotatable bonds is 6. The summed E-state index contributed by atoms with van der Waals surface area (Å²) in [7, 11) is 0. The van der Waals surface area contributed by atoms with E-state index < -0.39 is 0 Å². The summed E-state index contributed by atoms with van der Waals surface area (Å²) in [6.45, 7) is 3.54. The molecule has 0 atom stereocenters. The zero-order chi connectivity index (χ0) is 18.5. The SMILES string of the molecule is CC(=O)CSc1nc(-c2ccccc2)c(NC(=O)c2ccc(C)cc2)s1. The quantitative estimate of drug-likeness (QED) is 0.606. The molecule has 3 rings (SSSR count). The third-order valence-corrected chi connectivity index (χ3v) is 5.85. The molecule has 4 nitrogen and oxygen atoms in total. The van der Waals surface area contributed by atoms with E-state index in [4.69, 9.17) is 0 Å². The molecule has 0 bridgehead atoms. The second-order valence-electron chi connectivity index (χ2n) is 5.83. The predicted octanol–water partition coefficient (Wildman–Crippen LogP) is 5.05. The van der Waals surface area contributed by atoms with Crippen molar-refractivity contribution in [1.29, 1.82) is 0 Å². The van der Waals surface area contributed by atoms with Gasteiger partial charge in [-0.1, -0.05) is 71.1 Å². The minimum absolute atomic E-state index is 0.0942. The average Bonchev–Trinajstić information content (AvgIpc) is 3.04. The molecule has 0 unspecified atom stereocenters. The van der Waals surface area contributed by atoms with Gasteiger partial charge in [0.2, 0.25) is 0 Å². The number of amides is 1. The van der Waals surface area contributed by atoms with Crippen molar-refractivity contribution >= 4 is 39.8 Å². The summed E-state index contributed by atoms with van der Waals surface area (Å²) in [5, 5.41) is 3.66. The van der Waals surface area contributed by atoms with Crippen LogP contribution in [0.2, 0.25) is 0 Å². The molecule has 0 aliphatic carbocycles. The van der Waals surface area contributed by atoms with Crippen LogP contribution in [0.5, 0.6) is 0 Å². The van der Waals surface area contributed by atoms with E-state index in [1.807, 2.05) is 49.4 Å². The van der Waals surface area contributed by atoms with Crippen LogP contribution in [-0.2, 0) is 4.79 Å². The Kier molecular flexibility index (Phi) is 5.85. The standard InChI is InChI=1S/C20H18N2O2S2/c1-13-8-10-16(11-9-13)18(24)22-19-17(15-6-4-3-5-7-15)21-20(26-19)25-12-14(2)23/h3-11H,12H2,1-2H3,(H,22,24). The first-order valence-corrected chi connectivity index (χ1v) is 9.89. The van der Waals surface area contributed by atoms with Crippen molar-refractivity contribution in [1.82, 2.24) is 4.98 Å². The summed E-state index contributed by atoms with van der Waals surface area (Å²) >= 11 is 2.78. The first-order chi connectivity index (χ1) is 12.5. The van der Waals surface area contributed by atoms with E-state index in [1.54, 1.807) is 19.1 Å². The van der Waals surface area contributed by atoms with E-state index in [-0.39, 0.29) is 11.7 Å². The van der Waals surface area contributed by atoms with Crippen molar-refractivity contribution in [3.05, 3.63) is 65.7 Å². The maximum atomic E-state index is 12.6. The number of benzene rings is 2. The molecular weight excluding hydrogens is 364 g/mol. The van der Waals surface area contributed by atoms with Crippen molar-refractivity contribution in [3.8, 4) is 11.3 Å². The first-order valence-electron chi connectivity index (χ1n) is 8.09. The molecular formula is C20H18N2O2S2. The fraction of sp³-hybridized carbons (Fsp3) is 0.150. The maximum Gasteiger partial charge on any atom is 0.256 e. The second kappa shape index (κ2) is 8.29. The molecule has 0 spiro atoms. The lowest BCUT2D eigenvalue weighted by Gasteiger charge is -2.05. The van der Waals surface area contributed by atoms with Gasteiger partial charge in [-0.3, -0.25) is 9.59 Å². The summed E-state index contributed by atoms with van der Waals surface area (Å²) in [4.78, 5) is 28.5. The zero-order valence-electron chi connectivity index (χ0n) is 14.5. The number of carbonyl (C=O) groups excluding carboxylic acids is 2. The van der Waals surface area contributed by atoms with Gasteiger partial charge in [-0.15, -0.1) is 0 Å². The van der Waals surface area contributed by atoms with Crippen LogP contribution in [0.3, 0.4) is 0 Å². The van der Waals surface area contributed by atoms with E-state index in [2.05, 4.69) is 10.3 Å². The Morgan fingerprint density at radius 1 is 1.08 bits per heavy atom. The Bertz CT molecular complexity index is 919. The average molecular weight is 383 g/mol. The van der Waals surface area contributed by atoms with Gasteiger partial charge in [0.25, 0.3) is 5.91 Å². The van der Waals surface area contributed by atoms with Gasteiger partial charge in [0, 0.05) is 11.1 Å². The molecule has 0 fully saturated rings. The Balaban J connectivity index is 1.89. The molecule has 2 aromatic carbocycles. The van der Waals surface area contributed by atoms with E-state index in [0.29, 0.717) is 16.3 Å². The number of thiazole rings is 1. The number of hydrogen-bond acceptors (Lipinski definition) is 5. The zero-order valence-corrected chi connectivity index (χ0v) is 16.1. The van der Waals surface area contributed by atoms with Crippen LogP contribution in [-0.4, -0.2) is 22.4 Å². The number of aromatic nitrogens is 1. The third-order valence-electron chi connectivity index (χ3n) is 3.59. The van der Waals surface area contributed by atoms with E-state index in [1.165, 1.54) is 23.1 Å². The number of ketones is 1. The van der Waals surface area contributed by atoms with Gasteiger partial charge in [-0.25, -0.2) is 4.98 Å². The molecule has 1 amide bonds. The van der Waals surface area contributed by atoms with Crippen molar-refractivity contribution in [2.45, 2.75) is 18.2 Å². The lowest BCUT2D eigenvalue weighted by atomic mass is 10.1. The van der Waals surface area contributed by atoms with Crippen LogP contribution in [0, 0.1) is 6.92 Å². The van der Waals surface area contributed by atoms with Crippen molar-refractivity contribution in [2.24, 2.45) is 0 Å². The minimum Gasteiger partial charge on any atom is -0.312 e. The number of aryl methyl sites for hydroxylation is 1. The highest BCUT2D eigenvalue weighted by molar-refractivity contribution is 8.01. The van der Waals surface area contributed by atoms with Gasteiger partial charge in [0.15, 0.2) is 4.34 Å². The van der Waals surface area contributed by atoms with Gasteiger partial charge in [-0.05, 0) is 26.0 Å². The van der Waals surface area contributed by atoms with Crippen LogP contribution in [0.15, 0.2) is 58.9 Å². The van der Waals surface area contributed by atoms with Crippen LogP contribution < -0.4 is 5.32 Å². The third kappa shape index (κ3) is 4.59. The fourth-order valence-electron chi connectivity index (χ4n) is 2.28. The topological polar surface area (TPSA) is 59.1 Å². The van der Waals surface area contributed by atoms with Crippen molar-refractivity contribution in [2.75, 3.05) is 11.1 Å². The van der Waals surface area contributed by atoms with Crippen LogP contribution in [0.1, 0.15) is 22.8 Å². The molecule has 6 heteroatoms. The molecule has 0 saturated heterocycles. The Labute approximate surface area is 160 Å². The number of carbonyl (C=O) groups is 2. The summed E-state index contributed by atoms with van der Waals surface area (Å²) < 4.78 is 0.762. The van der Waals surface area contributed by atoms with Gasteiger partial charge in [0.1, 0.15) is 16.5 Å². The number of anilines is 1. The van der Waals surface area contributed by atoms with E-state index >= 15 is 0 Å². The van der Waals surface area contributed by atoms with E-state index in [0.717, 1.165) is 21.2 Å². The van der Waals surface area contributed by atoms with Crippen molar-refractivity contribution in [3.63, 3.8) is 0 Å². The monoisotopic (exact) mass is 382 g/mol. The molecule has 0 radical (unpaired) electrons. The lowest BCUT2D eigenvalue weighted by molar-refractivity contribution is -0.114. The second-order valence-corrected chi connectivity index (χ2v) is 8.06. The number of Topliss-reactive ketones (excluding diaryl/α,β-unsaturated/α-hetero) is 1. The predicted molar refractivity (Wildman–Crippen MR) is 108 cm³/mol. The van der Waals surface area contributed by atoms with Gasteiger partial charge >= 0.3 is 0 Å². The fourth-order valence-corrected chi connectivity index (χ4v) is 4.14. The molecule has 26 heavy (non-hydrogen) atoms. The highest BCUT2D eigenvalue weighted by Gasteiger charge is 2.17. The van der Waals surface area contributed by atoms with Crippen molar-refractivity contribution < 1.29 is 9.59 Å². The van der Waals surface area contributed by atoms with Gasteiger partial charge in [-0.2, -0.15) is 0 Å². The summed E-state index contributed by atoms with van der Waals surface area (Å²) in [6.07, 6.45) is 0. The highest BCUT2D eigenvalue weighted by Crippen LogP contribution is 2.37. The molecule has 0 saturated carbocycles. The highest BCUT2D eigenvalue weighted by atomic mass is 32.2. The molecule has 0 aliphatic rings. The minimum atomic E-state index is -0.172. The van der Waals surface area contributed by atoms with Crippen LogP contribution >= 0.6 is 23.1 Å².